The number of rotatable bonds is 11. The van der Waals surface area contributed by atoms with E-state index < -0.39 is 22.1 Å². The van der Waals surface area contributed by atoms with Gasteiger partial charge in [0, 0.05) is 40.6 Å². The zero-order valence-electron chi connectivity index (χ0n) is 23.8. The highest BCUT2D eigenvalue weighted by Crippen LogP contribution is 2.60. The standard InChI is InChI=1S/C27H41BrFN5O2Si2/c1-27-14-18(27)12-19-22(15-27)34(17-36-9-11-38(5,6)7)32-23(19)26-30-21-13-20(28)24(29)31-25(21)33(26)16-35-8-10-37(2,3)4/h13,18H,8-12,14-17H2,1-7H3/t18-,27-/m1/s1. The van der Waals surface area contributed by atoms with Crippen LogP contribution >= 0.6 is 15.9 Å². The van der Waals surface area contributed by atoms with Crippen molar-refractivity contribution in [2.45, 2.75) is 91.0 Å². The van der Waals surface area contributed by atoms with Gasteiger partial charge < -0.3 is 9.47 Å². The molecule has 11 heteroatoms. The van der Waals surface area contributed by atoms with Gasteiger partial charge in [-0.25, -0.2) is 9.67 Å². The molecule has 38 heavy (non-hydrogen) atoms. The first-order chi connectivity index (χ1) is 17.7. The van der Waals surface area contributed by atoms with Crippen LogP contribution < -0.4 is 0 Å². The van der Waals surface area contributed by atoms with Crippen LogP contribution in [-0.2, 0) is 35.8 Å². The smallest absolute Gasteiger partial charge is 0.229 e. The third kappa shape index (κ3) is 6.01. The summed E-state index contributed by atoms with van der Waals surface area (Å²) in [7, 11) is -2.41. The number of ether oxygens (including phenoxy) is 2. The number of pyridine rings is 1. The van der Waals surface area contributed by atoms with E-state index in [1.807, 2.05) is 9.25 Å². The van der Waals surface area contributed by atoms with Gasteiger partial charge in [0.1, 0.15) is 24.7 Å². The Kier molecular flexibility index (Phi) is 7.56. The van der Waals surface area contributed by atoms with E-state index in [0.717, 1.165) is 37.2 Å². The topological polar surface area (TPSA) is 67.0 Å². The molecule has 0 amide bonds. The van der Waals surface area contributed by atoms with E-state index in [1.54, 1.807) is 6.07 Å². The van der Waals surface area contributed by atoms with E-state index in [4.69, 9.17) is 19.6 Å². The van der Waals surface area contributed by atoms with Crippen molar-refractivity contribution in [3.8, 4) is 11.5 Å². The maximum absolute atomic E-state index is 14.6. The predicted molar refractivity (Wildman–Crippen MR) is 158 cm³/mol. The van der Waals surface area contributed by atoms with Crippen molar-refractivity contribution in [1.82, 2.24) is 24.3 Å². The Labute approximate surface area is 235 Å². The number of imidazole rings is 1. The van der Waals surface area contributed by atoms with Gasteiger partial charge in [0.25, 0.3) is 0 Å². The molecule has 7 nitrogen and oxygen atoms in total. The molecule has 208 valence electrons. The quantitative estimate of drug-likeness (QED) is 0.132. The maximum atomic E-state index is 14.6. The highest BCUT2D eigenvalue weighted by Gasteiger charge is 2.54. The fourth-order valence-corrected chi connectivity index (χ4v) is 7.09. The minimum atomic E-state index is -1.24. The summed E-state index contributed by atoms with van der Waals surface area (Å²) in [5, 5.41) is 5.09. The molecule has 2 atom stereocenters. The van der Waals surface area contributed by atoms with Crippen LogP contribution in [0.25, 0.3) is 22.7 Å². The van der Waals surface area contributed by atoms with Crippen molar-refractivity contribution in [3.05, 3.63) is 27.7 Å². The van der Waals surface area contributed by atoms with Crippen LogP contribution in [0.1, 0.15) is 24.6 Å². The normalized spacial score (nSPS) is 21.1. The molecule has 0 aromatic carbocycles. The van der Waals surface area contributed by atoms with E-state index in [2.05, 4.69) is 67.1 Å². The summed E-state index contributed by atoms with van der Waals surface area (Å²) in [5.41, 5.74) is 4.82. The molecule has 0 radical (unpaired) electrons. The maximum Gasteiger partial charge on any atom is 0.229 e. The number of hydrogen-bond donors (Lipinski definition) is 0. The molecule has 3 heterocycles. The fraction of sp³-hybridized carbons (Fsp3) is 0.667. The Morgan fingerprint density at radius 1 is 1.05 bits per heavy atom. The molecular formula is C27H41BrFN5O2Si2. The Morgan fingerprint density at radius 3 is 2.37 bits per heavy atom. The third-order valence-corrected chi connectivity index (χ3v) is 12.0. The Bertz CT molecular complexity index is 1350. The van der Waals surface area contributed by atoms with Gasteiger partial charge in [-0.15, -0.1) is 0 Å². The van der Waals surface area contributed by atoms with Crippen molar-refractivity contribution in [1.29, 1.82) is 0 Å². The highest BCUT2D eigenvalue weighted by molar-refractivity contribution is 9.10. The monoisotopic (exact) mass is 621 g/mol. The average molecular weight is 623 g/mol. The number of aromatic nitrogens is 5. The fourth-order valence-electron chi connectivity index (χ4n) is 5.27. The lowest BCUT2D eigenvalue weighted by Crippen LogP contribution is -2.23. The minimum absolute atomic E-state index is 0.264. The van der Waals surface area contributed by atoms with Crippen molar-refractivity contribution >= 4 is 43.2 Å². The summed E-state index contributed by atoms with van der Waals surface area (Å²) in [4.78, 5) is 9.19. The summed E-state index contributed by atoms with van der Waals surface area (Å²) in [6.45, 7) is 18.6. The zero-order chi connectivity index (χ0) is 27.5. The van der Waals surface area contributed by atoms with Gasteiger partial charge in [0.2, 0.25) is 5.95 Å². The van der Waals surface area contributed by atoms with Crippen LogP contribution in [0.15, 0.2) is 10.5 Å². The molecule has 0 bridgehead atoms. The van der Waals surface area contributed by atoms with Crippen molar-refractivity contribution in [3.63, 3.8) is 0 Å². The molecule has 0 N–H and O–H groups in total. The largest absolute Gasteiger partial charge is 0.361 e. The summed E-state index contributed by atoms with van der Waals surface area (Å²) < 4.78 is 31.1. The summed E-state index contributed by atoms with van der Waals surface area (Å²) in [6, 6.07) is 3.88. The van der Waals surface area contributed by atoms with Gasteiger partial charge >= 0.3 is 0 Å². The number of fused-ring (bicyclic) bond motifs is 3. The lowest BCUT2D eigenvalue weighted by molar-refractivity contribution is 0.0756. The Balaban J connectivity index is 1.51. The van der Waals surface area contributed by atoms with Crippen LogP contribution in [0.2, 0.25) is 51.4 Å². The minimum Gasteiger partial charge on any atom is -0.361 e. The molecule has 3 aromatic heterocycles. The molecule has 2 aliphatic rings. The lowest BCUT2D eigenvalue weighted by Gasteiger charge is -2.20. The average Bonchev–Trinajstić information content (AvgIpc) is 3.19. The van der Waals surface area contributed by atoms with E-state index in [0.29, 0.717) is 46.1 Å². The van der Waals surface area contributed by atoms with Crippen LogP contribution in [-0.4, -0.2) is 53.7 Å². The SMILES string of the molecule is C[C@@]12Cc3c(c(-c4nc5cc(Br)c(F)nc5n4COCC[Si](C)(C)C)nn3COCC[Si](C)(C)C)C[C@@H]1C2. The van der Waals surface area contributed by atoms with Crippen molar-refractivity contribution in [2.75, 3.05) is 13.2 Å². The van der Waals surface area contributed by atoms with Gasteiger partial charge in [-0.05, 0) is 64.7 Å². The van der Waals surface area contributed by atoms with Gasteiger partial charge in [-0.3, -0.25) is 4.57 Å². The molecule has 0 aliphatic heterocycles. The molecule has 2 aliphatic carbocycles. The van der Waals surface area contributed by atoms with Crippen LogP contribution in [0.3, 0.4) is 0 Å². The molecule has 1 fully saturated rings. The van der Waals surface area contributed by atoms with Crippen LogP contribution in [0, 0.1) is 17.3 Å². The molecule has 0 saturated heterocycles. The predicted octanol–water partition coefficient (Wildman–Crippen LogP) is 6.95. The second-order valence-electron chi connectivity index (χ2n) is 13.9. The lowest BCUT2D eigenvalue weighted by atomic mass is 9.87. The van der Waals surface area contributed by atoms with Gasteiger partial charge in [-0.1, -0.05) is 46.2 Å². The first-order valence-corrected chi connectivity index (χ1v) is 21.9. The van der Waals surface area contributed by atoms with Gasteiger partial charge in [0.15, 0.2) is 11.5 Å². The molecular weight excluding hydrogens is 581 g/mol. The van der Waals surface area contributed by atoms with E-state index >= 15 is 0 Å². The Morgan fingerprint density at radius 2 is 1.71 bits per heavy atom. The van der Waals surface area contributed by atoms with E-state index in [9.17, 15) is 4.39 Å². The van der Waals surface area contributed by atoms with Gasteiger partial charge in [-0.2, -0.15) is 14.5 Å². The first kappa shape index (κ1) is 28.1. The van der Waals surface area contributed by atoms with Crippen LogP contribution in [0.5, 0.6) is 0 Å². The summed E-state index contributed by atoms with van der Waals surface area (Å²) in [6.07, 6.45) is 3.23. The third-order valence-electron chi connectivity index (χ3n) is 8.00. The zero-order valence-corrected chi connectivity index (χ0v) is 27.4. The molecule has 3 aromatic rings. The van der Waals surface area contributed by atoms with Crippen molar-refractivity contribution < 1.29 is 13.9 Å². The van der Waals surface area contributed by atoms with Crippen LogP contribution in [0.4, 0.5) is 4.39 Å². The molecule has 5 rings (SSSR count). The second-order valence-corrected chi connectivity index (χ2v) is 26.0. The second kappa shape index (κ2) is 10.2. The Hall–Kier alpha value is -1.41. The van der Waals surface area contributed by atoms with E-state index in [1.165, 1.54) is 17.7 Å². The first-order valence-electron chi connectivity index (χ1n) is 13.7. The molecule has 0 unspecified atom stereocenters. The number of nitrogens with zero attached hydrogens (tertiary/aromatic N) is 5. The van der Waals surface area contributed by atoms with Gasteiger partial charge in [0.05, 0.1) is 4.47 Å². The van der Waals surface area contributed by atoms with E-state index in [-0.39, 0.29) is 6.73 Å². The van der Waals surface area contributed by atoms with Crippen molar-refractivity contribution in [2.24, 2.45) is 11.3 Å². The highest BCUT2D eigenvalue weighted by atomic mass is 79.9. The summed E-state index contributed by atoms with van der Waals surface area (Å²) >= 11 is 3.28. The number of hydrogen-bond acceptors (Lipinski definition) is 5. The number of halogens is 2. The summed E-state index contributed by atoms with van der Waals surface area (Å²) in [5.74, 6) is 0.818. The molecule has 1 saturated carbocycles. The molecule has 0 spiro atoms.